The van der Waals surface area contributed by atoms with Crippen LogP contribution in [0.4, 0.5) is 10.3 Å². The van der Waals surface area contributed by atoms with Crippen LogP contribution in [-0.4, -0.2) is 31.6 Å². The molecular formula is C13H13ClFNO5S. The van der Waals surface area contributed by atoms with Gasteiger partial charge in [-0.15, -0.1) is 10.8 Å². The molecule has 1 aliphatic rings. The molecule has 2 heterocycles. The van der Waals surface area contributed by atoms with Crippen LogP contribution in [0.25, 0.3) is 11.3 Å². The summed E-state index contributed by atoms with van der Waals surface area (Å²) in [5.74, 6) is -2.00. The fourth-order valence-corrected chi connectivity index (χ4v) is 4.02. The van der Waals surface area contributed by atoms with Crippen molar-refractivity contribution in [3.63, 3.8) is 0 Å². The van der Waals surface area contributed by atoms with Gasteiger partial charge in [-0.3, -0.25) is 9.11 Å². The summed E-state index contributed by atoms with van der Waals surface area (Å²) in [5.41, 5.74) is 0.251. The first-order valence-corrected chi connectivity index (χ1v) is 8.40. The van der Waals surface area contributed by atoms with E-state index in [1.807, 2.05) is 0 Å². The number of nitrogens with zero attached hydrogens (tertiary/aromatic N) is 1. The normalized spacial score (nSPS) is 18.6. The lowest BCUT2D eigenvalue weighted by Crippen LogP contribution is -2.21. The maximum absolute atomic E-state index is 13.2. The zero-order valence-corrected chi connectivity index (χ0v) is 12.7. The van der Waals surface area contributed by atoms with Gasteiger partial charge >= 0.3 is 0 Å². The number of halogens is 2. The van der Waals surface area contributed by atoms with E-state index >= 15 is 0 Å². The van der Waals surface area contributed by atoms with Crippen molar-refractivity contribution in [2.45, 2.75) is 6.42 Å². The number of benzene rings is 1. The number of aromatic hydroxyl groups is 2. The van der Waals surface area contributed by atoms with E-state index in [2.05, 4.69) is 0 Å². The third kappa shape index (κ3) is 2.38. The van der Waals surface area contributed by atoms with Crippen LogP contribution in [0, 0.1) is 5.82 Å². The van der Waals surface area contributed by atoms with Gasteiger partial charge in [0.15, 0.2) is 5.76 Å². The highest BCUT2D eigenvalue weighted by Gasteiger charge is 2.36. The molecule has 2 aromatic rings. The summed E-state index contributed by atoms with van der Waals surface area (Å²) in [7, 11) is -3.08. The molecule has 0 radical (unpaired) electrons. The summed E-state index contributed by atoms with van der Waals surface area (Å²) in [6.07, 6.45) is 0.515. The molecule has 0 spiro atoms. The zero-order chi connectivity index (χ0) is 16.1. The fraction of sp³-hybridized carbons (Fsp3) is 0.231. The topological polar surface area (TPSA) is 97.3 Å². The van der Waals surface area contributed by atoms with Crippen LogP contribution in [0.15, 0.2) is 22.6 Å². The fourth-order valence-electron chi connectivity index (χ4n) is 2.30. The average molecular weight is 350 g/mol. The minimum absolute atomic E-state index is 0.128. The molecule has 1 aliphatic heterocycles. The van der Waals surface area contributed by atoms with Crippen LogP contribution in [0.1, 0.15) is 6.42 Å². The summed E-state index contributed by atoms with van der Waals surface area (Å²) in [6, 6.07) is 3.66. The number of rotatable bonds is 2. The van der Waals surface area contributed by atoms with Gasteiger partial charge in [0, 0.05) is 12.1 Å². The van der Waals surface area contributed by atoms with Crippen molar-refractivity contribution in [3.8, 4) is 22.8 Å². The van der Waals surface area contributed by atoms with Gasteiger partial charge in [-0.2, -0.15) is 0 Å². The molecule has 1 saturated heterocycles. The third-order valence-corrected chi connectivity index (χ3v) is 5.56. The second-order valence-corrected chi connectivity index (χ2v) is 7.38. The maximum Gasteiger partial charge on any atom is 0.261 e. The number of anilines is 1. The molecule has 1 fully saturated rings. The van der Waals surface area contributed by atoms with Gasteiger partial charge in [0.05, 0.1) is 10.8 Å². The first kappa shape index (κ1) is 15.3. The molecule has 0 atom stereocenters. The summed E-state index contributed by atoms with van der Waals surface area (Å²) in [5, 5.41) is 19.8. The Bertz CT molecular complexity index is 735. The molecule has 0 aliphatic carbocycles. The zero-order valence-electron chi connectivity index (χ0n) is 11.2. The van der Waals surface area contributed by atoms with Crippen molar-refractivity contribution < 1.29 is 28.1 Å². The Morgan fingerprint density at radius 2 is 1.95 bits per heavy atom. The SMILES string of the molecule is Oc1c(-c2ccc(F)c(Cl)c2)oc(N2CCCS2(O)O)c1O. The monoisotopic (exact) mass is 349 g/mol. The molecule has 6 nitrogen and oxygen atoms in total. The Labute approximate surface area is 131 Å². The van der Waals surface area contributed by atoms with Gasteiger partial charge < -0.3 is 14.6 Å². The summed E-state index contributed by atoms with van der Waals surface area (Å²) in [6.45, 7) is 0.270. The van der Waals surface area contributed by atoms with Gasteiger partial charge in [0.25, 0.3) is 5.88 Å². The molecule has 120 valence electrons. The van der Waals surface area contributed by atoms with E-state index in [-0.39, 0.29) is 34.5 Å². The van der Waals surface area contributed by atoms with Gasteiger partial charge in [0.1, 0.15) is 5.82 Å². The summed E-state index contributed by atoms with van der Waals surface area (Å²) >= 11 is 5.69. The van der Waals surface area contributed by atoms with Gasteiger partial charge in [-0.25, -0.2) is 8.70 Å². The Morgan fingerprint density at radius 1 is 1.23 bits per heavy atom. The minimum Gasteiger partial charge on any atom is -0.502 e. The summed E-state index contributed by atoms with van der Waals surface area (Å²) < 4.78 is 39.6. The van der Waals surface area contributed by atoms with Crippen molar-refractivity contribution >= 4 is 28.3 Å². The van der Waals surface area contributed by atoms with Crippen molar-refractivity contribution in [3.05, 3.63) is 29.0 Å². The molecule has 0 saturated carbocycles. The molecule has 9 heteroatoms. The van der Waals surface area contributed by atoms with Crippen LogP contribution in [-0.2, 0) is 0 Å². The standard InChI is InChI=1S/C13H13ClFNO5S/c14-8-6-7(2-3-9(8)15)12-10(17)11(18)13(21-12)16-4-1-5-22(16,19)20/h2-3,6,17-20H,1,4-5H2. The molecule has 0 unspecified atom stereocenters. The van der Waals surface area contributed by atoms with Gasteiger partial charge in [-0.1, -0.05) is 11.6 Å². The second-order valence-electron chi connectivity index (χ2n) is 4.85. The first-order chi connectivity index (χ1) is 10.3. The van der Waals surface area contributed by atoms with Crippen LogP contribution in [0.2, 0.25) is 5.02 Å². The maximum atomic E-state index is 13.2. The lowest BCUT2D eigenvalue weighted by molar-refractivity contribution is 0.409. The average Bonchev–Trinajstić information content (AvgIpc) is 2.94. The molecule has 0 bridgehead atoms. The van der Waals surface area contributed by atoms with Crippen LogP contribution in [0.5, 0.6) is 11.5 Å². The third-order valence-electron chi connectivity index (χ3n) is 3.38. The van der Waals surface area contributed by atoms with Crippen molar-refractivity contribution in [1.29, 1.82) is 0 Å². The Balaban J connectivity index is 2.08. The summed E-state index contributed by atoms with van der Waals surface area (Å²) in [4.78, 5) is 0. The molecule has 1 aromatic carbocycles. The van der Waals surface area contributed by atoms with E-state index < -0.39 is 28.1 Å². The minimum atomic E-state index is -3.08. The first-order valence-electron chi connectivity index (χ1n) is 6.35. The number of hydrogen-bond acceptors (Lipinski definition) is 6. The van der Waals surface area contributed by atoms with Crippen LogP contribution < -0.4 is 4.31 Å². The molecule has 22 heavy (non-hydrogen) atoms. The largest absolute Gasteiger partial charge is 0.502 e. The van der Waals surface area contributed by atoms with Crippen molar-refractivity contribution in [1.82, 2.24) is 0 Å². The molecule has 4 N–H and O–H groups in total. The molecule has 3 rings (SSSR count). The quantitative estimate of drug-likeness (QED) is 0.653. The van der Waals surface area contributed by atoms with Crippen LogP contribution >= 0.6 is 22.4 Å². The Hall–Kier alpha value is -1.61. The second kappa shape index (κ2) is 5.24. The lowest BCUT2D eigenvalue weighted by Gasteiger charge is -2.35. The van der Waals surface area contributed by atoms with Gasteiger partial charge in [0.2, 0.25) is 11.5 Å². The lowest BCUT2D eigenvalue weighted by atomic mass is 10.1. The molecular weight excluding hydrogens is 337 g/mol. The van der Waals surface area contributed by atoms with Crippen molar-refractivity contribution in [2.75, 3.05) is 16.6 Å². The predicted octanol–water partition coefficient (Wildman–Crippen LogP) is 4.03. The number of furan rings is 1. The van der Waals surface area contributed by atoms with E-state index in [0.29, 0.717) is 6.42 Å². The smallest absolute Gasteiger partial charge is 0.261 e. The molecule has 0 amide bonds. The molecule has 1 aromatic heterocycles. The predicted molar refractivity (Wildman–Crippen MR) is 82.1 cm³/mol. The van der Waals surface area contributed by atoms with E-state index in [1.54, 1.807) is 0 Å². The van der Waals surface area contributed by atoms with E-state index in [1.165, 1.54) is 12.1 Å². The van der Waals surface area contributed by atoms with Crippen LogP contribution in [0.3, 0.4) is 0 Å². The Kier molecular flexibility index (Phi) is 3.64. The van der Waals surface area contributed by atoms with E-state index in [4.69, 9.17) is 16.0 Å². The highest BCUT2D eigenvalue weighted by molar-refractivity contribution is 8.25. The number of hydrogen-bond donors (Lipinski definition) is 4. The van der Waals surface area contributed by atoms with Gasteiger partial charge in [-0.05, 0) is 24.6 Å². The van der Waals surface area contributed by atoms with E-state index in [9.17, 15) is 23.7 Å². The highest BCUT2D eigenvalue weighted by Crippen LogP contribution is 2.57. The van der Waals surface area contributed by atoms with Crippen molar-refractivity contribution in [2.24, 2.45) is 0 Å². The Morgan fingerprint density at radius 3 is 2.55 bits per heavy atom. The van der Waals surface area contributed by atoms with E-state index in [0.717, 1.165) is 10.4 Å². The highest BCUT2D eigenvalue weighted by atomic mass is 35.5.